The molecular weight excluding hydrogens is 475 g/mol. The molecule has 0 radical (unpaired) electrons. The number of benzene rings is 3. The van der Waals surface area contributed by atoms with Gasteiger partial charge in [0.15, 0.2) is 16.7 Å². The summed E-state index contributed by atoms with van der Waals surface area (Å²) in [6, 6.07) is 15.5. The molecule has 0 saturated carbocycles. The second-order valence-electron chi connectivity index (χ2n) is 7.75. The van der Waals surface area contributed by atoms with Crippen molar-refractivity contribution in [1.29, 1.82) is 0 Å². The fourth-order valence-electron chi connectivity index (χ4n) is 3.67. The van der Waals surface area contributed by atoms with E-state index in [2.05, 4.69) is 4.98 Å². The highest BCUT2D eigenvalue weighted by Gasteiger charge is 2.18. The number of rotatable bonds is 9. The minimum absolute atomic E-state index is 0.0219. The third-order valence-corrected chi connectivity index (χ3v) is 6.44. The van der Waals surface area contributed by atoms with Gasteiger partial charge in [-0.25, -0.2) is 18.2 Å². The van der Waals surface area contributed by atoms with E-state index in [1.807, 2.05) is 34.7 Å². The summed E-state index contributed by atoms with van der Waals surface area (Å²) in [5.41, 5.74) is 1.63. The Hall–Kier alpha value is -3.59. The van der Waals surface area contributed by atoms with Gasteiger partial charge in [0.2, 0.25) is 0 Å². The summed E-state index contributed by atoms with van der Waals surface area (Å²) in [7, 11) is 5.06. The molecule has 0 amide bonds. The first-order chi connectivity index (χ1) is 16.9. The second kappa shape index (κ2) is 10.8. The zero-order chi connectivity index (χ0) is 24.9. The number of ether oxygens (including phenoxy) is 2. The summed E-state index contributed by atoms with van der Waals surface area (Å²) in [6.45, 7) is 0.513. The third kappa shape index (κ3) is 5.40. The minimum Gasteiger partial charge on any atom is -0.493 e. The Balaban J connectivity index is 1.66. The fraction of sp³-hybridized carbons (Fsp3) is 0.192. The van der Waals surface area contributed by atoms with Crippen LogP contribution in [-0.4, -0.2) is 30.8 Å². The second-order valence-corrected chi connectivity index (χ2v) is 8.69. The van der Waals surface area contributed by atoms with E-state index >= 15 is 0 Å². The molecule has 182 valence electrons. The molecule has 0 aliphatic rings. The Bertz CT molecular complexity index is 1290. The van der Waals surface area contributed by atoms with E-state index in [9.17, 15) is 13.2 Å². The lowest BCUT2D eigenvalue weighted by Crippen LogP contribution is -2.19. The number of anilines is 1. The van der Waals surface area contributed by atoms with Crippen LogP contribution >= 0.6 is 11.8 Å². The van der Waals surface area contributed by atoms with Gasteiger partial charge in [0.25, 0.3) is 0 Å². The normalized spacial score (nSPS) is 10.9. The van der Waals surface area contributed by atoms with Gasteiger partial charge >= 0.3 is 0 Å². The molecule has 0 aliphatic carbocycles. The van der Waals surface area contributed by atoms with Crippen molar-refractivity contribution in [2.45, 2.75) is 17.5 Å². The van der Waals surface area contributed by atoms with Crippen molar-refractivity contribution in [3.8, 4) is 17.2 Å². The topological polar surface area (TPSA) is 39.5 Å². The van der Waals surface area contributed by atoms with E-state index in [4.69, 9.17) is 9.47 Å². The maximum Gasteiger partial charge on any atom is 0.174 e. The van der Waals surface area contributed by atoms with Gasteiger partial charge in [-0.1, -0.05) is 23.9 Å². The van der Waals surface area contributed by atoms with Crippen molar-refractivity contribution in [3.63, 3.8) is 0 Å². The van der Waals surface area contributed by atoms with Gasteiger partial charge in [-0.3, -0.25) is 4.57 Å². The highest BCUT2D eigenvalue weighted by Crippen LogP contribution is 2.33. The molecule has 35 heavy (non-hydrogen) atoms. The van der Waals surface area contributed by atoms with Crippen LogP contribution in [0.15, 0.2) is 72.0 Å². The predicted molar refractivity (Wildman–Crippen MR) is 131 cm³/mol. The van der Waals surface area contributed by atoms with Gasteiger partial charge in [-0.05, 0) is 54.1 Å². The van der Waals surface area contributed by atoms with Crippen molar-refractivity contribution < 1.29 is 22.6 Å². The molecule has 4 aromatic rings. The van der Waals surface area contributed by atoms with Gasteiger partial charge in [-0.15, -0.1) is 0 Å². The van der Waals surface area contributed by atoms with Gasteiger partial charge in [-0.2, -0.15) is 0 Å². The highest BCUT2D eigenvalue weighted by molar-refractivity contribution is 7.98. The van der Waals surface area contributed by atoms with Gasteiger partial charge in [0, 0.05) is 30.6 Å². The molecule has 0 spiro atoms. The van der Waals surface area contributed by atoms with Crippen LogP contribution in [0.4, 0.5) is 19.0 Å². The quantitative estimate of drug-likeness (QED) is 0.255. The van der Waals surface area contributed by atoms with Crippen LogP contribution in [0.5, 0.6) is 11.5 Å². The molecule has 9 heteroatoms. The van der Waals surface area contributed by atoms with Crippen LogP contribution in [0.2, 0.25) is 0 Å². The first-order valence-electron chi connectivity index (χ1n) is 10.7. The molecule has 0 aliphatic heterocycles. The average Bonchev–Trinajstić information content (AvgIpc) is 3.28. The van der Waals surface area contributed by atoms with Crippen LogP contribution in [0.25, 0.3) is 5.69 Å². The Labute approximate surface area is 206 Å². The molecule has 0 fully saturated rings. The lowest BCUT2D eigenvalue weighted by atomic mass is 10.2. The van der Waals surface area contributed by atoms with Crippen molar-refractivity contribution >= 4 is 17.6 Å². The molecule has 1 heterocycles. The van der Waals surface area contributed by atoms with Crippen LogP contribution in [0.3, 0.4) is 0 Å². The first-order valence-corrected chi connectivity index (χ1v) is 11.7. The molecule has 5 nitrogen and oxygen atoms in total. The Morgan fingerprint density at radius 3 is 2.26 bits per heavy atom. The van der Waals surface area contributed by atoms with E-state index < -0.39 is 11.6 Å². The number of imidazole rings is 1. The number of halogens is 3. The Morgan fingerprint density at radius 2 is 1.60 bits per heavy atom. The Kier molecular flexibility index (Phi) is 7.55. The molecule has 0 atom stereocenters. The maximum atomic E-state index is 14.2. The molecule has 3 aromatic carbocycles. The fourth-order valence-corrected chi connectivity index (χ4v) is 4.68. The molecule has 0 unspecified atom stereocenters. The van der Waals surface area contributed by atoms with E-state index in [1.54, 1.807) is 32.5 Å². The molecule has 0 saturated heterocycles. The highest BCUT2D eigenvalue weighted by atomic mass is 32.2. The molecule has 0 bridgehead atoms. The number of hydrogen-bond acceptors (Lipinski definition) is 5. The number of methoxy groups -OCH3 is 2. The maximum absolute atomic E-state index is 14.2. The minimum atomic E-state index is -0.608. The SMILES string of the molecule is COc1ccc(CN(C)c2cnc(SCc3c(F)cccc3F)n2-c2ccc(F)cc2)cc1OC. The van der Waals surface area contributed by atoms with Gasteiger partial charge in [0.05, 0.1) is 20.4 Å². The van der Waals surface area contributed by atoms with Crippen molar-refractivity contribution in [1.82, 2.24) is 9.55 Å². The summed E-state index contributed by atoms with van der Waals surface area (Å²) >= 11 is 1.20. The smallest absolute Gasteiger partial charge is 0.174 e. The lowest BCUT2D eigenvalue weighted by molar-refractivity contribution is 0.354. The van der Waals surface area contributed by atoms with Gasteiger partial charge in [0.1, 0.15) is 23.3 Å². The van der Waals surface area contributed by atoms with E-state index in [0.717, 1.165) is 11.4 Å². The zero-order valence-corrected chi connectivity index (χ0v) is 20.3. The van der Waals surface area contributed by atoms with E-state index in [1.165, 1.54) is 42.1 Å². The standard InChI is InChI=1S/C26H24F3N3O2S/c1-31(15-17-7-12-23(33-2)24(13-17)34-3)25-14-30-26(32(25)19-10-8-18(27)9-11-19)35-16-20-21(28)5-4-6-22(20)29/h4-14H,15-16H2,1-3H3. The van der Waals surface area contributed by atoms with E-state index in [-0.39, 0.29) is 17.1 Å². The number of nitrogens with zero attached hydrogens (tertiary/aromatic N) is 3. The van der Waals surface area contributed by atoms with Crippen molar-refractivity contribution in [2.75, 3.05) is 26.2 Å². The summed E-state index contributed by atoms with van der Waals surface area (Å²) < 4.78 is 54.5. The molecule has 1 aromatic heterocycles. The first kappa shape index (κ1) is 24.5. The monoisotopic (exact) mass is 499 g/mol. The zero-order valence-electron chi connectivity index (χ0n) is 19.5. The van der Waals surface area contributed by atoms with Crippen LogP contribution in [0.1, 0.15) is 11.1 Å². The summed E-state index contributed by atoms with van der Waals surface area (Å²) in [5, 5.41) is 0.522. The largest absolute Gasteiger partial charge is 0.493 e. The summed E-state index contributed by atoms with van der Waals surface area (Å²) in [5.74, 6) is 0.448. The molecule has 4 rings (SSSR count). The molecule has 0 N–H and O–H groups in total. The molecular formula is C26H24F3N3O2S. The number of thioether (sulfide) groups is 1. The Morgan fingerprint density at radius 1 is 0.914 bits per heavy atom. The van der Waals surface area contributed by atoms with Gasteiger partial charge < -0.3 is 14.4 Å². The van der Waals surface area contributed by atoms with Crippen LogP contribution < -0.4 is 14.4 Å². The summed E-state index contributed by atoms with van der Waals surface area (Å²) in [4.78, 5) is 6.49. The van der Waals surface area contributed by atoms with E-state index in [0.29, 0.717) is 28.9 Å². The average molecular weight is 500 g/mol. The third-order valence-electron chi connectivity index (χ3n) is 5.46. The number of hydrogen-bond donors (Lipinski definition) is 0. The van der Waals surface area contributed by atoms with Crippen molar-refractivity contribution in [2.24, 2.45) is 0 Å². The summed E-state index contributed by atoms with van der Waals surface area (Å²) in [6.07, 6.45) is 1.68. The predicted octanol–water partition coefficient (Wildman–Crippen LogP) is 6.24. The van der Waals surface area contributed by atoms with Crippen LogP contribution in [-0.2, 0) is 12.3 Å². The lowest BCUT2D eigenvalue weighted by Gasteiger charge is -2.22. The van der Waals surface area contributed by atoms with Crippen LogP contribution in [0, 0.1) is 17.5 Å². The van der Waals surface area contributed by atoms with Crippen molar-refractivity contribution in [3.05, 3.63) is 95.4 Å². The number of aromatic nitrogens is 2.